The quantitative estimate of drug-likeness (QED) is 0.0720. The van der Waals surface area contributed by atoms with Gasteiger partial charge >= 0.3 is 0 Å². The van der Waals surface area contributed by atoms with Gasteiger partial charge in [0.15, 0.2) is 17.3 Å². The molecule has 2 aromatic carbocycles. The molecule has 0 amide bonds. The number of likely N-dealkylation sites (N-methyl/N-ethyl adjacent to an activating group) is 2. The summed E-state index contributed by atoms with van der Waals surface area (Å²) in [5.41, 5.74) is 2.22. The van der Waals surface area contributed by atoms with Crippen LogP contribution in [0.3, 0.4) is 0 Å². The maximum atomic E-state index is 12.5. The van der Waals surface area contributed by atoms with Gasteiger partial charge in [0.1, 0.15) is 37.8 Å². The molecule has 0 aromatic heterocycles. The van der Waals surface area contributed by atoms with Gasteiger partial charge in [0.2, 0.25) is 0 Å². The van der Waals surface area contributed by atoms with E-state index in [1.54, 1.807) is 19.3 Å². The molecule has 2 aromatic rings. The Kier molecular flexibility index (Phi) is 15.9. The van der Waals surface area contributed by atoms with E-state index in [2.05, 4.69) is 41.5 Å². The number of hydrogen-bond donors (Lipinski definition) is 2. The summed E-state index contributed by atoms with van der Waals surface area (Å²) in [5, 5.41) is 20.2. The Balaban J connectivity index is 2.00. The second-order valence-corrected chi connectivity index (χ2v) is 11.3. The van der Waals surface area contributed by atoms with Crippen molar-refractivity contribution in [3.05, 3.63) is 77.1 Å². The number of aliphatic hydroxyl groups is 2. The lowest BCUT2D eigenvalue weighted by Gasteiger charge is -2.35. The maximum absolute atomic E-state index is 12.5. The van der Waals surface area contributed by atoms with Crippen LogP contribution >= 0.6 is 0 Å². The highest BCUT2D eigenvalue weighted by Crippen LogP contribution is 2.29. The fourth-order valence-corrected chi connectivity index (χ4v) is 5.47. The van der Waals surface area contributed by atoms with E-state index < -0.39 is 0 Å². The molecule has 0 heterocycles. The van der Waals surface area contributed by atoms with E-state index in [9.17, 15) is 15.0 Å². The number of ether oxygens (including phenoxy) is 3. The van der Waals surface area contributed by atoms with Crippen molar-refractivity contribution in [1.82, 2.24) is 0 Å². The van der Waals surface area contributed by atoms with Gasteiger partial charge in [0.05, 0.1) is 53.0 Å². The predicted molar refractivity (Wildman–Crippen MR) is 184 cm³/mol. The second-order valence-electron chi connectivity index (χ2n) is 11.3. The average molecular weight is 625 g/mol. The summed E-state index contributed by atoms with van der Waals surface area (Å²) in [7, 11) is 1.60. The van der Waals surface area contributed by atoms with Crippen molar-refractivity contribution in [1.29, 1.82) is 0 Å². The van der Waals surface area contributed by atoms with E-state index in [0.717, 1.165) is 78.5 Å². The smallest absolute Gasteiger partial charge is 0.182 e. The summed E-state index contributed by atoms with van der Waals surface area (Å²) in [6, 6.07) is 11.0. The van der Waals surface area contributed by atoms with E-state index in [1.807, 2.05) is 36.4 Å². The number of methoxy groups -OCH3 is 1. The topological polar surface area (TPSA) is 85.2 Å². The van der Waals surface area contributed by atoms with Gasteiger partial charge in [0, 0.05) is 11.6 Å². The molecule has 8 heteroatoms. The molecule has 8 nitrogen and oxygen atoms in total. The van der Waals surface area contributed by atoms with Crippen molar-refractivity contribution >= 4 is 17.9 Å². The van der Waals surface area contributed by atoms with Crippen molar-refractivity contribution in [3.8, 4) is 17.2 Å². The molecule has 2 N–H and O–H groups in total. The molecule has 2 rings (SSSR count). The van der Waals surface area contributed by atoms with Crippen molar-refractivity contribution < 1.29 is 38.2 Å². The molecule has 248 valence electrons. The van der Waals surface area contributed by atoms with E-state index in [0.29, 0.717) is 36.0 Å². The summed E-state index contributed by atoms with van der Waals surface area (Å²) in [5.74, 6) is 1.38. The predicted octanol–water partition coefficient (Wildman–Crippen LogP) is 6.44. The zero-order chi connectivity index (χ0) is 33.3. The van der Waals surface area contributed by atoms with Gasteiger partial charge in [-0.15, -0.1) is 0 Å². The molecule has 0 aliphatic carbocycles. The Bertz CT molecular complexity index is 1280. The van der Waals surface area contributed by atoms with Gasteiger partial charge in [0.25, 0.3) is 0 Å². The summed E-state index contributed by atoms with van der Waals surface area (Å²) in [6.45, 7) is 22.4. The minimum atomic E-state index is -0.357. The number of hydrogen-bond acceptors (Lipinski definition) is 6. The van der Waals surface area contributed by atoms with Gasteiger partial charge in [-0.05, 0) is 89.1 Å². The van der Waals surface area contributed by atoms with Crippen LogP contribution in [0.15, 0.2) is 60.4 Å². The van der Waals surface area contributed by atoms with Crippen molar-refractivity contribution in [2.45, 2.75) is 48.1 Å². The number of ketones is 1. The number of allylic oxidation sites excluding steroid dienone is 3. The molecule has 0 saturated heterocycles. The number of rotatable bonds is 21. The Labute approximate surface area is 271 Å². The average Bonchev–Trinajstić information content (AvgIpc) is 3.07. The fourth-order valence-electron chi connectivity index (χ4n) is 5.47. The number of nitrogens with zero attached hydrogens (tertiary/aromatic N) is 2. The number of carbonyl (C=O) groups is 1. The Morgan fingerprint density at radius 3 is 1.71 bits per heavy atom. The normalized spacial score (nSPS) is 12.7. The zero-order valence-electron chi connectivity index (χ0n) is 28.6. The van der Waals surface area contributed by atoms with Crippen molar-refractivity contribution in [3.63, 3.8) is 0 Å². The van der Waals surface area contributed by atoms with Crippen LogP contribution in [0.2, 0.25) is 0 Å². The van der Waals surface area contributed by atoms with Crippen LogP contribution in [-0.2, 0) is 11.4 Å². The monoisotopic (exact) mass is 624 g/mol. The second kappa shape index (κ2) is 19.0. The van der Waals surface area contributed by atoms with Crippen LogP contribution < -0.4 is 14.2 Å². The zero-order valence-corrected chi connectivity index (χ0v) is 28.6. The van der Waals surface area contributed by atoms with Crippen LogP contribution in [0.1, 0.15) is 58.2 Å². The lowest BCUT2D eigenvalue weighted by molar-refractivity contribution is -0.923. The number of aliphatic hydroxyl groups excluding tert-OH is 2. The lowest BCUT2D eigenvalue weighted by Crippen LogP contribution is -2.49. The first-order valence-corrected chi connectivity index (χ1v) is 16.3. The molecule has 0 unspecified atom stereocenters. The van der Waals surface area contributed by atoms with E-state index in [-0.39, 0.29) is 18.1 Å². The van der Waals surface area contributed by atoms with Crippen LogP contribution in [0, 0.1) is 0 Å². The minimum Gasteiger partial charge on any atom is -0.508 e. The highest BCUT2D eigenvalue weighted by Gasteiger charge is 2.21. The largest absolute Gasteiger partial charge is 0.508 e. The first-order valence-electron chi connectivity index (χ1n) is 16.3. The van der Waals surface area contributed by atoms with Gasteiger partial charge in [-0.2, -0.15) is 0 Å². The van der Waals surface area contributed by atoms with Gasteiger partial charge < -0.3 is 33.4 Å². The first kappa shape index (κ1) is 37.6. The lowest BCUT2D eigenvalue weighted by atomic mass is 10.1. The third-order valence-corrected chi connectivity index (χ3v) is 9.29. The first-order chi connectivity index (χ1) is 21.7. The van der Waals surface area contributed by atoms with Crippen molar-refractivity contribution in [2.24, 2.45) is 0 Å². The van der Waals surface area contributed by atoms with Crippen molar-refractivity contribution in [2.75, 3.05) is 72.7 Å². The maximum Gasteiger partial charge on any atom is 0.182 e. The summed E-state index contributed by atoms with van der Waals surface area (Å²) < 4.78 is 19.6. The molecule has 0 saturated carbocycles. The fraction of sp³-hybridized carbons (Fsp3) is 0.486. The molecule has 0 spiro atoms. The molecule has 45 heavy (non-hydrogen) atoms. The standard InChI is InChI=1S/C37H55N2O6/c1-8-38(9-2,10-3)22-24-44-35-20-16-30(26-32(35)29-40)14-18-33(41)28-34(42)19-15-31-17-21-36(37(27-31)43-7)45-25-23-39(11-4,12-5)13-6/h14-21,26-28,40H,8-13,22-25,29H2,1-7H3/q+1/p+1/b18-14+,19-15+. The molecule has 0 atom stereocenters. The van der Waals surface area contributed by atoms with Gasteiger partial charge in [-0.3, -0.25) is 4.79 Å². The SMILES string of the molecule is CC[N+](CC)(CC)CCOc1ccc(/C=C/C(O)=C/C(=O)/C=C/c2ccc(OCC[N+](CC)(CC)CC)c(OC)c2)cc1CO. The number of carbonyl (C=O) groups excluding carboxylic acids is 1. The molecule has 0 bridgehead atoms. The van der Waals surface area contributed by atoms with E-state index >= 15 is 0 Å². The third-order valence-electron chi connectivity index (χ3n) is 9.29. The summed E-state index contributed by atoms with van der Waals surface area (Å²) in [4.78, 5) is 12.5. The minimum absolute atomic E-state index is 0.161. The van der Waals surface area contributed by atoms with Crippen LogP contribution in [0.5, 0.6) is 17.2 Å². The summed E-state index contributed by atoms with van der Waals surface area (Å²) in [6.07, 6.45) is 7.37. The van der Waals surface area contributed by atoms with E-state index in [1.165, 1.54) is 12.2 Å². The van der Waals surface area contributed by atoms with Gasteiger partial charge in [-0.1, -0.05) is 24.3 Å². The number of quaternary nitrogens is 2. The Morgan fingerprint density at radius 2 is 1.20 bits per heavy atom. The van der Waals surface area contributed by atoms with Crippen LogP contribution in [0.25, 0.3) is 12.2 Å². The van der Waals surface area contributed by atoms with Crippen LogP contribution in [-0.4, -0.2) is 97.6 Å². The summed E-state index contributed by atoms with van der Waals surface area (Å²) >= 11 is 0. The highest BCUT2D eigenvalue weighted by molar-refractivity contribution is 6.02. The molecular weight excluding hydrogens is 568 g/mol. The molecule has 0 fully saturated rings. The molecule has 0 aliphatic rings. The highest BCUT2D eigenvalue weighted by atomic mass is 16.5. The van der Waals surface area contributed by atoms with E-state index in [4.69, 9.17) is 14.2 Å². The Hall–Kier alpha value is -3.59. The molecule has 0 aliphatic heterocycles. The molecule has 0 radical (unpaired) electrons. The van der Waals surface area contributed by atoms with Gasteiger partial charge in [-0.25, -0.2) is 0 Å². The number of benzene rings is 2. The third kappa shape index (κ3) is 11.4. The Morgan fingerprint density at radius 1 is 0.711 bits per heavy atom. The van der Waals surface area contributed by atoms with Crippen LogP contribution in [0.4, 0.5) is 0 Å². The molecular formula is C37H56N2O6+2.